The highest BCUT2D eigenvalue weighted by molar-refractivity contribution is 5.95. The van der Waals surface area contributed by atoms with Gasteiger partial charge in [-0.2, -0.15) is 0 Å². The van der Waals surface area contributed by atoms with Gasteiger partial charge in [-0.05, 0) is 36.2 Å². The molecule has 0 atom stereocenters. The zero-order chi connectivity index (χ0) is 13.5. The topological polar surface area (TPSA) is 54.0 Å². The van der Waals surface area contributed by atoms with E-state index in [0.717, 1.165) is 17.7 Å². The molecule has 0 bridgehead atoms. The zero-order valence-corrected chi connectivity index (χ0v) is 10.9. The number of anilines is 1. The molecular formula is C15H17N3O. The summed E-state index contributed by atoms with van der Waals surface area (Å²) in [5.74, 6) is -0.0546. The van der Waals surface area contributed by atoms with Gasteiger partial charge in [0.25, 0.3) is 5.91 Å². The SMILES string of the molecule is CNc1cccc(C(=O)NCCc2cccnc2)c1. The van der Waals surface area contributed by atoms with E-state index in [2.05, 4.69) is 15.6 Å². The van der Waals surface area contributed by atoms with Gasteiger partial charge in [-0.1, -0.05) is 12.1 Å². The van der Waals surface area contributed by atoms with Crippen LogP contribution in [0.4, 0.5) is 5.69 Å². The number of carbonyl (C=O) groups excluding carboxylic acids is 1. The Labute approximate surface area is 112 Å². The van der Waals surface area contributed by atoms with E-state index in [1.54, 1.807) is 12.3 Å². The second-order valence-electron chi connectivity index (χ2n) is 4.20. The van der Waals surface area contributed by atoms with Gasteiger partial charge < -0.3 is 10.6 Å². The third-order valence-electron chi connectivity index (χ3n) is 2.84. The van der Waals surface area contributed by atoms with Crippen molar-refractivity contribution in [2.45, 2.75) is 6.42 Å². The molecule has 1 heterocycles. The minimum atomic E-state index is -0.0546. The van der Waals surface area contributed by atoms with E-state index >= 15 is 0 Å². The molecule has 1 aromatic carbocycles. The molecule has 0 aliphatic carbocycles. The summed E-state index contributed by atoms with van der Waals surface area (Å²) in [5.41, 5.74) is 2.71. The summed E-state index contributed by atoms with van der Waals surface area (Å²) in [4.78, 5) is 16.0. The molecule has 0 saturated carbocycles. The van der Waals surface area contributed by atoms with E-state index in [4.69, 9.17) is 0 Å². The van der Waals surface area contributed by atoms with Crippen LogP contribution in [0, 0.1) is 0 Å². The van der Waals surface area contributed by atoms with Crippen LogP contribution in [0.5, 0.6) is 0 Å². The van der Waals surface area contributed by atoms with Gasteiger partial charge in [0.15, 0.2) is 0 Å². The number of rotatable bonds is 5. The van der Waals surface area contributed by atoms with Gasteiger partial charge >= 0.3 is 0 Å². The molecule has 2 N–H and O–H groups in total. The Hall–Kier alpha value is -2.36. The number of carbonyl (C=O) groups is 1. The zero-order valence-electron chi connectivity index (χ0n) is 10.9. The van der Waals surface area contributed by atoms with Crippen LogP contribution in [-0.2, 0) is 6.42 Å². The molecule has 19 heavy (non-hydrogen) atoms. The maximum absolute atomic E-state index is 11.9. The first-order chi connectivity index (χ1) is 9.29. The summed E-state index contributed by atoms with van der Waals surface area (Å²) >= 11 is 0. The number of hydrogen-bond acceptors (Lipinski definition) is 3. The Kier molecular flexibility index (Phi) is 4.50. The molecular weight excluding hydrogens is 238 g/mol. The molecule has 4 nitrogen and oxygen atoms in total. The van der Waals surface area contributed by atoms with Crippen molar-refractivity contribution in [3.63, 3.8) is 0 Å². The summed E-state index contributed by atoms with van der Waals surface area (Å²) in [5, 5.41) is 5.92. The lowest BCUT2D eigenvalue weighted by atomic mass is 10.1. The van der Waals surface area contributed by atoms with Crippen molar-refractivity contribution in [3.8, 4) is 0 Å². The predicted molar refractivity (Wildman–Crippen MR) is 76.3 cm³/mol. The molecule has 4 heteroatoms. The Balaban J connectivity index is 1.87. The summed E-state index contributed by atoms with van der Waals surface area (Å²) in [6, 6.07) is 11.3. The quantitative estimate of drug-likeness (QED) is 0.860. The Morgan fingerprint density at radius 1 is 1.26 bits per heavy atom. The standard InChI is InChI=1S/C15H17N3O/c1-16-14-6-2-5-13(10-14)15(19)18-9-7-12-4-3-8-17-11-12/h2-6,8,10-11,16H,7,9H2,1H3,(H,18,19). The van der Waals surface area contributed by atoms with E-state index in [0.29, 0.717) is 12.1 Å². The Morgan fingerprint density at radius 3 is 2.89 bits per heavy atom. The summed E-state index contributed by atoms with van der Waals surface area (Å²) < 4.78 is 0. The second-order valence-corrected chi connectivity index (χ2v) is 4.20. The Bertz CT molecular complexity index is 540. The number of hydrogen-bond donors (Lipinski definition) is 2. The lowest BCUT2D eigenvalue weighted by molar-refractivity contribution is 0.0954. The molecule has 0 aliphatic rings. The fraction of sp³-hybridized carbons (Fsp3) is 0.200. The normalized spacial score (nSPS) is 9.95. The first-order valence-corrected chi connectivity index (χ1v) is 6.24. The fourth-order valence-corrected chi connectivity index (χ4v) is 1.78. The van der Waals surface area contributed by atoms with Gasteiger partial charge in [-0.3, -0.25) is 9.78 Å². The molecule has 2 rings (SSSR count). The third kappa shape index (κ3) is 3.81. The van der Waals surface area contributed by atoms with Crippen molar-refractivity contribution in [1.82, 2.24) is 10.3 Å². The van der Waals surface area contributed by atoms with Gasteiger partial charge in [0.2, 0.25) is 0 Å². The van der Waals surface area contributed by atoms with Gasteiger partial charge in [-0.25, -0.2) is 0 Å². The largest absolute Gasteiger partial charge is 0.388 e. The number of aromatic nitrogens is 1. The number of nitrogens with zero attached hydrogens (tertiary/aromatic N) is 1. The van der Waals surface area contributed by atoms with Crippen LogP contribution in [0.1, 0.15) is 15.9 Å². The smallest absolute Gasteiger partial charge is 0.251 e. The van der Waals surface area contributed by atoms with Crippen LogP contribution >= 0.6 is 0 Å². The van der Waals surface area contributed by atoms with E-state index in [1.165, 1.54) is 0 Å². The van der Waals surface area contributed by atoms with Crippen LogP contribution in [0.15, 0.2) is 48.8 Å². The fourth-order valence-electron chi connectivity index (χ4n) is 1.78. The van der Waals surface area contributed by atoms with E-state index in [-0.39, 0.29) is 5.91 Å². The van der Waals surface area contributed by atoms with Gasteiger partial charge in [0, 0.05) is 37.2 Å². The highest BCUT2D eigenvalue weighted by Crippen LogP contribution is 2.09. The molecule has 98 valence electrons. The van der Waals surface area contributed by atoms with E-state index in [9.17, 15) is 4.79 Å². The van der Waals surface area contributed by atoms with Crippen molar-refractivity contribution >= 4 is 11.6 Å². The first-order valence-electron chi connectivity index (χ1n) is 6.24. The van der Waals surface area contributed by atoms with Gasteiger partial charge in [0.1, 0.15) is 0 Å². The van der Waals surface area contributed by atoms with Gasteiger partial charge in [-0.15, -0.1) is 0 Å². The van der Waals surface area contributed by atoms with Crippen molar-refractivity contribution in [2.24, 2.45) is 0 Å². The Morgan fingerprint density at radius 2 is 2.16 bits per heavy atom. The van der Waals surface area contributed by atoms with Crippen molar-refractivity contribution in [1.29, 1.82) is 0 Å². The molecule has 2 aromatic rings. The maximum Gasteiger partial charge on any atom is 0.251 e. The van der Waals surface area contributed by atoms with E-state index < -0.39 is 0 Å². The molecule has 0 fully saturated rings. The number of nitrogens with one attached hydrogen (secondary N) is 2. The summed E-state index contributed by atoms with van der Waals surface area (Å²) in [6.45, 7) is 0.605. The van der Waals surface area contributed by atoms with Crippen molar-refractivity contribution in [3.05, 3.63) is 59.9 Å². The molecule has 0 saturated heterocycles. The molecule has 1 aromatic heterocycles. The molecule has 0 spiro atoms. The summed E-state index contributed by atoms with van der Waals surface area (Å²) in [6.07, 6.45) is 4.34. The minimum Gasteiger partial charge on any atom is -0.388 e. The second kappa shape index (κ2) is 6.54. The summed E-state index contributed by atoms with van der Waals surface area (Å²) in [7, 11) is 1.83. The first kappa shape index (κ1) is 13.1. The highest BCUT2D eigenvalue weighted by atomic mass is 16.1. The van der Waals surface area contributed by atoms with Crippen molar-refractivity contribution < 1.29 is 4.79 Å². The molecule has 0 unspecified atom stereocenters. The lowest BCUT2D eigenvalue weighted by Gasteiger charge is -2.06. The molecule has 1 amide bonds. The van der Waals surface area contributed by atoms with Crippen LogP contribution < -0.4 is 10.6 Å². The van der Waals surface area contributed by atoms with Crippen LogP contribution in [0.25, 0.3) is 0 Å². The minimum absolute atomic E-state index is 0.0546. The van der Waals surface area contributed by atoms with Crippen LogP contribution in [0.2, 0.25) is 0 Å². The number of benzene rings is 1. The predicted octanol–water partition coefficient (Wildman–Crippen LogP) is 2.10. The monoisotopic (exact) mass is 255 g/mol. The molecule has 0 radical (unpaired) electrons. The average molecular weight is 255 g/mol. The molecule has 0 aliphatic heterocycles. The highest BCUT2D eigenvalue weighted by Gasteiger charge is 2.05. The maximum atomic E-state index is 11.9. The third-order valence-corrected chi connectivity index (χ3v) is 2.84. The van der Waals surface area contributed by atoms with E-state index in [1.807, 2.05) is 43.6 Å². The lowest BCUT2D eigenvalue weighted by Crippen LogP contribution is -2.25. The number of amides is 1. The van der Waals surface area contributed by atoms with Gasteiger partial charge in [0.05, 0.1) is 0 Å². The van der Waals surface area contributed by atoms with Crippen LogP contribution in [-0.4, -0.2) is 24.5 Å². The number of pyridine rings is 1. The van der Waals surface area contributed by atoms with Crippen molar-refractivity contribution in [2.75, 3.05) is 18.9 Å². The van der Waals surface area contributed by atoms with Crippen LogP contribution in [0.3, 0.4) is 0 Å². The average Bonchev–Trinajstić information content (AvgIpc) is 2.48.